The Bertz CT molecular complexity index is 922. The third-order valence-electron chi connectivity index (χ3n) is 5.44. The van der Waals surface area contributed by atoms with Crippen molar-refractivity contribution in [1.82, 2.24) is 4.90 Å². The van der Waals surface area contributed by atoms with E-state index in [-0.39, 0.29) is 0 Å². The highest BCUT2D eigenvalue weighted by atomic mass is 19.4. The summed E-state index contributed by atoms with van der Waals surface area (Å²) in [7, 11) is 4.33. The van der Waals surface area contributed by atoms with Gasteiger partial charge in [0.05, 0.1) is 32.9 Å². The number of alkyl halides is 3. The summed E-state index contributed by atoms with van der Waals surface area (Å²) < 4.78 is 56.3. The van der Waals surface area contributed by atoms with E-state index in [0.29, 0.717) is 47.8 Å². The van der Waals surface area contributed by atoms with Crippen molar-refractivity contribution < 1.29 is 37.3 Å². The first-order valence-electron chi connectivity index (χ1n) is 9.66. The molecule has 1 heterocycles. The summed E-state index contributed by atoms with van der Waals surface area (Å²) in [5, 5.41) is 9.70. The van der Waals surface area contributed by atoms with Gasteiger partial charge in [-0.25, -0.2) is 0 Å². The average molecular weight is 439 g/mol. The van der Waals surface area contributed by atoms with Gasteiger partial charge in [0.2, 0.25) is 5.75 Å². The van der Waals surface area contributed by atoms with Crippen molar-refractivity contribution >= 4 is 5.97 Å². The number of halogens is 3. The molecule has 2 aromatic rings. The first-order chi connectivity index (χ1) is 14.7. The lowest BCUT2D eigenvalue weighted by Crippen LogP contribution is -2.39. The Balaban J connectivity index is 2.22. The van der Waals surface area contributed by atoms with Gasteiger partial charge >= 0.3 is 12.1 Å². The van der Waals surface area contributed by atoms with E-state index in [1.165, 1.54) is 27.4 Å². The van der Waals surface area contributed by atoms with Gasteiger partial charge in [-0.2, -0.15) is 13.2 Å². The molecule has 0 saturated carbocycles. The van der Waals surface area contributed by atoms with E-state index in [1.807, 2.05) is 0 Å². The molecule has 0 bridgehead atoms. The van der Waals surface area contributed by atoms with E-state index in [0.717, 1.165) is 12.1 Å². The van der Waals surface area contributed by atoms with Crippen LogP contribution in [0.4, 0.5) is 13.2 Å². The first kappa shape index (κ1) is 22.7. The van der Waals surface area contributed by atoms with Crippen LogP contribution >= 0.6 is 0 Å². The van der Waals surface area contributed by atoms with Crippen LogP contribution in [0.5, 0.6) is 17.2 Å². The van der Waals surface area contributed by atoms with Gasteiger partial charge in [-0.1, -0.05) is 12.1 Å². The summed E-state index contributed by atoms with van der Waals surface area (Å²) in [5.41, 5.74) is 0.0766. The molecule has 9 heteroatoms. The number of likely N-dealkylation sites (tertiary alicyclic amines) is 1. The fourth-order valence-electron chi connectivity index (χ4n) is 4.08. The Labute approximate surface area is 178 Å². The second kappa shape index (κ2) is 9.05. The zero-order chi connectivity index (χ0) is 22.8. The average Bonchev–Trinajstić information content (AvgIpc) is 3.22. The summed E-state index contributed by atoms with van der Waals surface area (Å²) in [6.45, 7) is 0.425. The van der Waals surface area contributed by atoms with E-state index >= 15 is 0 Å². The van der Waals surface area contributed by atoms with Crippen LogP contribution in [0.15, 0.2) is 36.4 Å². The van der Waals surface area contributed by atoms with Crippen molar-refractivity contribution in [2.24, 2.45) is 0 Å². The highest BCUT2D eigenvalue weighted by molar-refractivity contribution is 5.74. The Kier molecular flexibility index (Phi) is 6.64. The van der Waals surface area contributed by atoms with Crippen molar-refractivity contribution in [3.63, 3.8) is 0 Å². The summed E-state index contributed by atoms with van der Waals surface area (Å²) in [5.74, 6) is -0.00513. The molecule has 0 radical (unpaired) electrons. The van der Waals surface area contributed by atoms with Crippen molar-refractivity contribution in [3.8, 4) is 17.2 Å². The number of carboxylic acids is 1. The maximum Gasteiger partial charge on any atom is 0.416 e. The zero-order valence-corrected chi connectivity index (χ0v) is 17.4. The van der Waals surface area contributed by atoms with Crippen LogP contribution < -0.4 is 14.2 Å². The standard InChI is InChI=1S/C22H24F3NO5/c1-29-17-11-14(12-18(30-2)20(17)31-3)19(26-9-5-8-16(26)21(27)28)13-6-4-7-15(10-13)22(23,24)25/h4,6-7,10-12,16,19H,5,8-9H2,1-3H3,(H,27,28). The van der Waals surface area contributed by atoms with E-state index in [1.54, 1.807) is 23.1 Å². The van der Waals surface area contributed by atoms with E-state index < -0.39 is 29.8 Å². The predicted molar refractivity (Wildman–Crippen MR) is 107 cm³/mol. The second-order valence-electron chi connectivity index (χ2n) is 7.22. The monoisotopic (exact) mass is 439 g/mol. The lowest BCUT2D eigenvalue weighted by Gasteiger charge is -2.33. The molecule has 0 spiro atoms. The fraction of sp³-hybridized carbons (Fsp3) is 0.409. The van der Waals surface area contributed by atoms with E-state index in [4.69, 9.17) is 14.2 Å². The van der Waals surface area contributed by atoms with Crippen molar-refractivity contribution in [3.05, 3.63) is 53.1 Å². The molecule has 1 saturated heterocycles. The topological polar surface area (TPSA) is 68.2 Å². The fourth-order valence-corrected chi connectivity index (χ4v) is 4.08. The van der Waals surface area contributed by atoms with Gasteiger partial charge in [0.1, 0.15) is 6.04 Å². The summed E-state index contributed by atoms with van der Waals surface area (Å²) in [6.07, 6.45) is -3.49. The predicted octanol–water partition coefficient (Wildman–Crippen LogP) is 4.37. The number of nitrogens with zero attached hydrogens (tertiary/aromatic N) is 1. The molecular weight excluding hydrogens is 415 g/mol. The van der Waals surface area contributed by atoms with E-state index in [9.17, 15) is 23.1 Å². The molecule has 1 aliphatic heterocycles. The molecule has 1 N–H and O–H groups in total. The summed E-state index contributed by atoms with van der Waals surface area (Å²) in [6, 6.07) is 6.67. The number of rotatable bonds is 7. The lowest BCUT2D eigenvalue weighted by molar-refractivity contribution is -0.143. The zero-order valence-electron chi connectivity index (χ0n) is 17.4. The highest BCUT2D eigenvalue weighted by Crippen LogP contribution is 2.44. The molecule has 2 aromatic carbocycles. The second-order valence-corrected chi connectivity index (χ2v) is 7.22. The van der Waals surface area contributed by atoms with Crippen LogP contribution in [0.2, 0.25) is 0 Å². The maximum absolute atomic E-state index is 13.4. The number of carbonyl (C=O) groups is 1. The molecular formula is C22H24F3NO5. The molecule has 6 nitrogen and oxygen atoms in total. The molecule has 168 valence electrons. The molecule has 0 amide bonds. The molecule has 31 heavy (non-hydrogen) atoms. The minimum absolute atomic E-state index is 0.331. The molecule has 0 aliphatic carbocycles. The quantitative estimate of drug-likeness (QED) is 0.691. The smallest absolute Gasteiger partial charge is 0.416 e. The van der Waals surface area contributed by atoms with Gasteiger partial charge in [-0.15, -0.1) is 0 Å². The number of methoxy groups -OCH3 is 3. The van der Waals surface area contributed by atoms with Crippen LogP contribution in [0.3, 0.4) is 0 Å². The van der Waals surface area contributed by atoms with Crippen LogP contribution in [0, 0.1) is 0 Å². The van der Waals surface area contributed by atoms with Crippen LogP contribution in [-0.2, 0) is 11.0 Å². The summed E-state index contributed by atoms with van der Waals surface area (Å²) >= 11 is 0. The van der Waals surface area contributed by atoms with Crippen molar-refractivity contribution in [1.29, 1.82) is 0 Å². The Morgan fingerprint density at radius 3 is 2.23 bits per heavy atom. The number of benzene rings is 2. The molecule has 1 aliphatic rings. The number of ether oxygens (including phenoxy) is 3. The molecule has 0 aromatic heterocycles. The molecule has 1 fully saturated rings. The van der Waals surface area contributed by atoms with Crippen LogP contribution in [0.25, 0.3) is 0 Å². The van der Waals surface area contributed by atoms with Gasteiger partial charge < -0.3 is 19.3 Å². The largest absolute Gasteiger partial charge is 0.493 e. The number of aliphatic carboxylic acids is 1. The maximum atomic E-state index is 13.4. The number of hydrogen-bond donors (Lipinski definition) is 1. The minimum Gasteiger partial charge on any atom is -0.493 e. The van der Waals surface area contributed by atoms with Crippen LogP contribution in [0.1, 0.15) is 35.6 Å². The lowest BCUT2D eigenvalue weighted by atomic mass is 9.94. The minimum atomic E-state index is -4.52. The van der Waals surface area contributed by atoms with Gasteiger partial charge in [-0.05, 0) is 48.2 Å². The Hall–Kier alpha value is -2.94. The SMILES string of the molecule is COc1cc(C(c2cccc(C(F)(F)F)c2)N2CCCC2C(=O)O)cc(OC)c1OC. The molecule has 2 atom stereocenters. The van der Waals surface area contributed by atoms with Crippen LogP contribution in [-0.4, -0.2) is 49.9 Å². The van der Waals surface area contributed by atoms with Crippen molar-refractivity contribution in [2.75, 3.05) is 27.9 Å². The van der Waals surface area contributed by atoms with Gasteiger partial charge in [-0.3, -0.25) is 9.69 Å². The van der Waals surface area contributed by atoms with Gasteiger partial charge in [0, 0.05) is 6.54 Å². The highest BCUT2D eigenvalue weighted by Gasteiger charge is 2.39. The Morgan fingerprint density at radius 2 is 1.71 bits per heavy atom. The molecule has 2 unspecified atom stereocenters. The van der Waals surface area contributed by atoms with E-state index in [2.05, 4.69) is 0 Å². The Morgan fingerprint density at radius 1 is 1.06 bits per heavy atom. The van der Waals surface area contributed by atoms with Crippen molar-refractivity contribution in [2.45, 2.75) is 31.1 Å². The number of carboxylic acid groups (broad SMARTS) is 1. The summed E-state index contributed by atoms with van der Waals surface area (Å²) in [4.78, 5) is 13.6. The third kappa shape index (κ3) is 4.56. The van der Waals surface area contributed by atoms with Gasteiger partial charge in [0.25, 0.3) is 0 Å². The number of hydrogen-bond acceptors (Lipinski definition) is 5. The van der Waals surface area contributed by atoms with Gasteiger partial charge in [0.15, 0.2) is 11.5 Å². The first-order valence-corrected chi connectivity index (χ1v) is 9.66. The normalized spacial score (nSPS) is 17.9. The molecule has 3 rings (SSSR count). The third-order valence-corrected chi connectivity index (χ3v) is 5.44.